The van der Waals surface area contributed by atoms with Crippen molar-refractivity contribution in [3.8, 4) is 0 Å². The SMILES string of the molecule is CCN(C(=O)c1ccccc1CCNC)c1ccncc1. The van der Waals surface area contributed by atoms with E-state index in [9.17, 15) is 4.79 Å². The third-order valence-electron chi connectivity index (χ3n) is 3.43. The van der Waals surface area contributed by atoms with Crippen molar-refractivity contribution in [1.82, 2.24) is 10.3 Å². The molecule has 0 unspecified atom stereocenters. The molecule has 1 amide bonds. The van der Waals surface area contributed by atoms with Gasteiger partial charge in [-0.1, -0.05) is 18.2 Å². The summed E-state index contributed by atoms with van der Waals surface area (Å²) < 4.78 is 0. The molecule has 0 saturated heterocycles. The molecular formula is C17H21N3O. The molecule has 1 N–H and O–H groups in total. The number of carbonyl (C=O) groups is 1. The lowest BCUT2D eigenvalue weighted by Crippen LogP contribution is -2.31. The molecule has 0 spiro atoms. The van der Waals surface area contributed by atoms with Gasteiger partial charge in [-0.2, -0.15) is 0 Å². The lowest BCUT2D eigenvalue weighted by Gasteiger charge is -2.22. The van der Waals surface area contributed by atoms with E-state index in [1.165, 1.54) is 0 Å². The summed E-state index contributed by atoms with van der Waals surface area (Å²) in [6.07, 6.45) is 4.25. The number of likely N-dealkylation sites (N-methyl/N-ethyl adjacent to an activating group) is 1. The number of rotatable bonds is 6. The Morgan fingerprint density at radius 1 is 1.19 bits per heavy atom. The largest absolute Gasteiger partial charge is 0.319 e. The Hall–Kier alpha value is -2.20. The van der Waals surface area contributed by atoms with Gasteiger partial charge in [0, 0.05) is 30.2 Å². The number of nitrogens with zero attached hydrogens (tertiary/aromatic N) is 2. The number of aromatic nitrogens is 1. The molecule has 0 aliphatic carbocycles. The molecule has 0 aliphatic rings. The van der Waals surface area contributed by atoms with E-state index in [-0.39, 0.29) is 5.91 Å². The van der Waals surface area contributed by atoms with Gasteiger partial charge in [-0.05, 0) is 50.7 Å². The van der Waals surface area contributed by atoms with Gasteiger partial charge in [-0.25, -0.2) is 0 Å². The molecular weight excluding hydrogens is 262 g/mol. The third-order valence-corrected chi connectivity index (χ3v) is 3.43. The summed E-state index contributed by atoms with van der Waals surface area (Å²) in [6, 6.07) is 11.5. The fourth-order valence-electron chi connectivity index (χ4n) is 2.32. The maximum atomic E-state index is 12.8. The molecule has 0 atom stereocenters. The summed E-state index contributed by atoms with van der Waals surface area (Å²) in [5.74, 6) is 0.0374. The van der Waals surface area contributed by atoms with Gasteiger partial charge in [-0.3, -0.25) is 9.78 Å². The van der Waals surface area contributed by atoms with Crippen molar-refractivity contribution in [2.75, 3.05) is 25.0 Å². The highest BCUT2D eigenvalue weighted by Crippen LogP contribution is 2.18. The predicted molar refractivity (Wildman–Crippen MR) is 85.7 cm³/mol. The van der Waals surface area contributed by atoms with Crippen LogP contribution in [-0.4, -0.2) is 31.0 Å². The molecule has 0 aliphatic heterocycles. The number of benzene rings is 1. The number of carbonyl (C=O) groups excluding carboxylic acids is 1. The molecule has 0 bridgehead atoms. The fourth-order valence-corrected chi connectivity index (χ4v) is 2.32. The lowest BCUT2D eigenvalue weighted by molar-refractivity contribution is 0.0987. The van der Waals surface area contributed by atoms with Gasteiger partial charge in [0.1, 0.15) is 0 Å². The third kappa shape index (κ3) is 3.67. The van der Waals surface area contributed by atoms with E-state index in [0.717, 1.165) is 29.8 Å². The average Bonchev–Trinajstić information content (AvgIpc) is 2.55. The van der Waals surface area contributed by atoms with Crippen LogP contribution in [0.1, 0.15) is 22.8 Å². The summed E-state index contributed by atoms with van der Waals surface area (Å²) in [5, 5.41) is 3.12. The molecule has 1 aromatic carbocycles. The fraction of sp³-hybridized carbons (Fsp3) is 0.294. The molecule has 2 aromatic rings. The van der Waals surface area contributed by atoms with Crippen molar-refractivity contribution < 1.29 is 4.79 Å². The van der Waals surface area contributed by atoms with Crippen LogP contribution in [0.25, 0.3) is 0 Å². The van der Waals surface area contributed by atoms with E-state index in [4.69, 9.17) is 0 Å². The van der Waals surface area contributed by atoms with Crippen molar-refractivity contribution in [3.05, 3.63) is 59.9 Å². The number of hydrogen-bond donors (Lipinski definition) is 1. The van der Waals surface area contributed by atoms with E-state index < -0.39 is 0 Å². The smallest absolute Gasteiger partial charge is 0.258 e. The van der Waals surface area contributed by atoms with Crippen molar-refractivity contribution in [1.29, 1.82) is 0 Å². The number of hydrogen-bond acceptors (Lipinski definition) is 3. The van der Waals surface area contributed by atoms with Crippen LogP contribution < -0.4 is 10.2 Å². The van der Waals surface area contributed by atoms with Crippen LogP contribution in [0.2, 0.25) is 0 Å². The minimum atomic E-state index is 0.0374. The highest BCUT2D eigenvalue weighted by atomic mass is 16.2. The predicted octanol–water partition coefficient (Wildman–Crippen LogP) is 2.51. The van der Waals surface area contributed by atoms with Gasteiger partial charge >= 0.3 is 0 Å². The average molecular weight is 283 g/mol. The Morgan fingerprint density at radius 2 is 1.90 bits per heavy atom. The monoisotopic (exact) mass is 283 g/mol. The van der Waals surface area contributed by atoms with Crippen molar-refractivity contribution in [2.45, 2.75) is 13.3 Å². The standard InChI is InChI=1S/C17H21N3O/c1-3-20(15-9-12-19-13-10-15)17(21)16-7-5-4-6-14(16)8-11-18-2/h4-7,9-10,12-13,18H,3,8,11H2,1-2H3. The van der Waals surface area contributed by atoms with Crippen molar-refractivity contribution in [2.24, 2.45) is 0 Å². The molecule has 0 saturated carbocycles. The number of nitrogens with one attached hydrogen (secondary N) is 1. The normalized spacial score (nSPS) is 10.4. The summed E-state index contributed by atoms with van der Waals surface area (Å²) in [4.78, 5) is 18.6. The quantitative estimate of drug-likeness (QED) is 0.886. The molecule has 21 heavy (non-hydrogen) atoms. The van der Waals surface area contributed by atoms with Gasteiger partial charge in [0.05, 0.1) is 0 Å². The lowest BCUT2D eigenvalue weighted by atomic mass is 10.0. The van der Waals surface area contributed by atoms with Gasteiger partial charge < -0.3 is 10.2 Å². The molecule has 110 valence electrons. The Kier molecular flexibility index (Phi) is 5.46. The maximum absolute atomic E-state index is 12.8. The summed E-state index contributed by atoms with van der Waals surface area (Å²) in [5.41, 5.74) is 2.72. The first-order valence-corrected chi connectivity index (χ1v) is 7.22. The van der Waals surface area contributed by atoms with E-state index >= 15 is 0 Å². The highest BCUT2D eigenvalue weighted by molar-refractivity contribution is 6.07. The Morgan fingerprint density at radius 3 is 2.57 bits per heavy atom. The first kappa shape index (κ1) is 15.2. The summed E-state index contributed by atoms with van der Waals surface area (Å²) in [7, 11) is 1.92. The van der Waals surface area contributed by atoms with Crippen LogP contribution in [0.5, 0.6) is 0 Å². The van der Waals surface area contributed by atoms with Gasteiger partial charge in [0.2, 0.25) is 0 Å². The molecule has 0 fully saturated rings. The van der Waals surface area contributed by atoms with E-state index in [1.807, 2.05) is 50.4 Å². The highest BCUT2D eigenvalue weighted by Gasteiger charge is 2.18. The second-order valence-electron chi connectivity index (χ2n) is 4.77. The van der Waals surface area contributed by atoms with Crippen LogP contribution in [0.3, 0.4) is 0 Å². The zero-order valence-corrected chi connectivity index (χ0v) is 12.5. The van der Waals surface area contributed by atoms with Gasteiger partial charge in [-0.15, -0.1) is 0 Å². The number of pyridine rings is 1. The van der Waals surface area contributed by atoms with E-state index in [0.29, 0.717) is 6.54 Å². The Labute approximate surface area is 125 Å². The number of anilines is 1. The van der Waals surface area contributed by atoms with Crippen LogP contribution in [0.4, 0.5) is 5.69 Å². The Bertz CT molecular complexity index is 584. The second-order valence-corrected chi connectivity index (χ2v) is 4.77. The first-order valence-electron chi connectivity index (χ1n) is 7.22. The minimum Gasteiger partial charge on any atom is -0.319 e. The molecule has 1 aromatic heterocycles. The van der Waals surface area contributed by atoms with Crippen LogP contribution >= 0.6 is 0 Å². The van der Waals surface area contributed by atoms with Gasteiger partial charge in [0.25, 0.3) is 5.91 Å². The van der Waals surface area contributed by atoms with Crippen LogP contribution in [-0.2, 0) is 6.42 Å². The molecule has 0 radical (unpaired) electrons. The van der Waals surface area contributed by atoms with E-state index in [1.54, 1.807) is 17.3 Å². The van der Waals surface area contributed by atoms with E-state index in [2.05, 4.69) is 10.3 Å². The van der Waals surface area contributed by atoms with Crippen LogP contribution in [0, 0.1) is 0 Å². The van der Waals surface area contributed by atoms with Crippen LogP contribution in [0.15, 0.2) is 48.8 Å². The molecule has 4 nitrogen and oxygen atoms in total. The first-order chi connectivity index (χ1) is 10.3. The molecule has 1 heterocycles. The summed E-state index contributed by atoms with van der Waals surface area (Å²) >= 11 is 0. The van der Waals surface area contributed by atoms with Crippen molar-refractivity contribution >= 4 is 11.6 Å². The maximum Gasteiger partial charge on any atom is 0.258 e. The molecule has 2 rings (SSSR count). The number of amides is 1. The van der Waals surface area contributed by atoms with Gasteiger partial charge in [0.15, 0.2) is 0 Å². The summed E-state index contributed by atoms with van der Waals surface area (Å²) in [6.45, 7) is 3.46. The Balaban J connectivity index is 2.30. The minimum absolute atomic E-state index is 0.0374. The second kappa shape index (κ2) is 7.55. The zero-order chi connectivity index (χ0) is 15.1. The van der Waals surface area contributed by atoms with Crippen molar-refractivity contribution in [3.63, 3.8) is 0 Å². The molecule has 4 heteroatoms. The zero-order valence-electron chi connectivity index (χ0n) is 12.5. The topological polar surface area (TPSA) is 45.2 Å².